The van der Waals surface area contributed by atoms with Gasteiger partial charge in [-0.3, -0.25) is 4.68 Å². The molecule has 1 aliphatic heterocycles. The van der Waals surface area contributed by atoms with Gasteiger partial charge < -0.3 is 10.5 Å². The van der Waals surface area contributed by atoms with Gasteiger partial charge in [-0.2, -0.15) is 20.1 Å². The molecule has 30 heavy (non-hydrogen) atoms. The second kappa shape index (κ2) is 6.94. The Morgan fingerprint density at radius 2 is 1.77 bits per heavy atom. The van der Waals surface area contributed by atoms with Crippen LogP contribution in [-0.2, 0) is 7.05 Å². The Hall–Kier alpha value is -4.31. The van der Waals surface area contributed by atoms with E-state index in [0.717, 1.165) is 28.1 Å². The lowest BCUT2D eigenvalue weighted by Crippen LogP contribution is -2.21. The summed E-state index contributed by atoms with van der Waals surface area (Å²) in [6, 6.07) is 21.8. The number of aromatic nitrogens is 4. The van der Waals surface area contributed by atoms with Gasteiger partial charge in [-0.05, 0) is 12.1 Å². The summed E-state index contributed by atoms with van der Waals surface area (Å²) in [4.78, 5) is 0. The molecule has 146 valence electrons. The van der Waals surface area contributed by atoms with Crippen molar-refractivity contribution in [3.63, 3.8) is 0 Å². The van der Waals surface area contributed by atoms with Crippen molar-refractivity contribution in [3.05, 3.63) is 95.6 Å². The number of allylic oxidation sites excluding steroid dienone is 1. The zero-order valence-corrected chi connectivity index (χ0v) is 16.2. The molecule has 0 fully saturated rings. The number of nitriles is 1. The Balaban J connectivity index is 1.83. The fourth-order valence-electron chi connectivity index (χ4n) is 3.81. The van der Waals surface area contributed by atoms with Crippen LogP contribution in [0.2, 0.25) is 0 Å². The first-order valence-corrected chi connectivity index (χ1v) is 9.47. The zero-order chi connectivity index (χ0) is 20.7. The normalized spacial score (nSPS) is 15.4. The summed E-state index contributed by atoms with van der Waals surface area (Å²) in [5.41, 5.74) is 10.7. The molecule has 7 heteroatoms. The van der Waals surface area contributed by atoms with Crippen LogP contribution in [0.25, 0.3) is 16.9 Å². The Morgan fingerprint density at radius 1 is 1.07 bits per heavy atom. The topological polar surface area (TPSA) is 94.7 Å². The number of rotatable bonds is 3. The molecule has 2 aromatic heterocycles. The van der Waals surface area contributed by atoms with Gasteiger partial charge in [0.25, 0.3) is 0 Å². The van der Waals surface area contributed by atoms with Crippen LogP contribution < -0.4 is 10.5 Å². The van der Waals surface area contributed by atoms with Crippen molar-refractivity contribution >= 4 is 0 Å². The van der Waals surface area contributed by atoms with Gasteiger partial charge in [0, 0.05) is 24.4 Å². The second-order valence-electron chi connectivity index (χ2n) is 7.05. The van der Waals surface area contributed by atoms with E-state index in [9.17, 15) is 5.26 Å². The molecule has 0 saturated carbocycles. The first kappa shape index (κ1) is 17.8. The minimum Gasteiger partial charge on any atom is -0.422 e. The summed E-state index contributed by atoms with van der Waals surface area (Å²) in [5.74, 6) is 0.154. The maximum atomic E-state index is 9.89. The molecule has 0 spiro atoms. The Labute approximate surface area is 173 Å². The maximum Gasteiger partial charge on any atom is 0.229 e. The van der Waals surface area contributed by atoms with Crippen LogP contribution in [-0.4, -0.2) is 19.6 Å². The molecule has 7 nitrogen and oxygen atoms in total. The summed E-state index contributed by atoms with van der Waals surface area (Å²) in [6.07, 6.45) is 3.64. The van der Waals surface area contributed by atoms with E-state index in [1.54, 1.807) is 15.6 Å². The molecule has 0 saturated heterocycles. The van der Waals surface area contributed by atoms with Gasteiger partial charge >= 0.3 is 0 Å². The van der Waals surface area contributed by atoms with Crippen molar-refractivity contribution in [2.24, 2.45) is 12.8 Å². The summed E-state index contributed by atoms with van der Waals surface area (Å²) in [6.45, 7) is 0. The summed E-state index contributed by atoms with van der Waals surface area (Å²) >= 11 is 0. The number of fused-ring (bicyclic) bond motifs is 1. The highest BCUT2D eigenvalue weighted by atomic mass is 16.5. The molecule has 2 N–H and O–H groups in total. The first-order chi connectivity index (χ1) is 14.7. The molecule has 0 amide bonds. The van der Waals surface area contributed by atoms with Crippen LogP contribution >= 0.6 is 0 Å². The molecule has 5 rings (SSSR count). The highest BCUT2D eigenvalue weighted by Gasteiger charge is 2.38. The third-order valence-electron chi connectivity index (χ3n) is 5.15. The SMILES string of the molecule is Cn1cc([C@@H]2C(C#N)=C(N)Oc3c2c(-c2ccccc2)nn3-c2ccccc2)cn1. The number of hydrogen-bond acceptors (Lipinski definition) is 5. The average molecular weight is 394 g/mol. The monoisotopic (exact) mass is 394 g/mol. The van der Waals surface area contributed by atoms with Crippen molar-refractivity contribution in [1.82, 2.24) is 19.6 Å². The quantitative estimate of drug-likeness (QED) is 0.574. The van der Waals surface area contributed by atoms with Gasteiger partial charge in [-0.25, -0.2) is 0 Å². The van der Waals surface area contributed by atoms with Crippen LogP contribution in [0, 0.1) is 11.3 Å². The molecule has 0 bridgehead atoms. The van der Waals surface area contributed by atoms with Crippen molar-refractivity contribution in [1.29, 1.82) is 5.26 Å². The lowest BCUT2D eigenvalue weighted by Gasteiger charge is -2.24. The molecule has 3 heterocycles. The van der Waals surface area contributed by atoms with E-state index < -0.39 is 5.92 Å². The first-order valence-electron chi connectivity index (χ1n) is 9.47. The standard InChI is InChI=1S/C23H18N6O/c1-28-14-16(13-26-28)19-18(12-24)22(25)30-23-20(19)21(15-8-4-2-5-9-15)27-29(23)17-10-6-3-7-11-17/h2-11,13-14,19H,25H2,1H3/t19-/m1/s1. The van der Waals surface area contributed by atoms with Crippen LogP contribution in [0.3, 0.4) is 0 Å². The molecular formula is C23H18N6O. The van der Waals surface area contributed by atoms with E-state index in [2.05, 4.69) is 11.2 Å². The van der Waals surface area contributed by atoms with Crippen molar-refractivity contribution in [3.8, 4) is 28.9 Å². The van der Waals surface area contributed by atoms with Crippen molar-refractivity contribution in [2.75, 3.05) is 0 Å². The van der Waals surface area contributed by atoms with E-state index in [-0.39, 0.29) is 5.88 Å². The molecule has 1 aliphatic rings. The van der Waals surface area contributed by atoms with E-state index in [4.69, 9.17) is 15.6 Å². The lowest BCUT2D eigenvalue weighted by atomic mass is 9.84. The van der Waals surface area contributed by atoms with Gasteiger partial charge in [0.15, 0.2) is 0 Å². The predicted molar refractivity (Wildman–Crippen MR) is 112 cm³/mol. The van der Waals surface area contributed by atoms with Gasteiger partial charge in [0.05, 0.1) is 23.4 Å². The van der Waals surface area contributed by atoms with Gasteiger partial charge in [0.2, 0.25) is 11.8 Å². The molecular weight excluding hydrogens is 376 g/mol. The zero-order valence-electron chi connectivity index (χ0n) is 16.2. The van der Waals surface area contributed by atoms with E-state index in [1.807, 2.05) is 73.9 Å². The van der Waals surface area contributed by atoms with Gasteiger partial charge in [-0.1, -0.05) is 48.5 Å². The Bertz CT molecular complexity index is 1290. The molecule has 2 aromatic carbocycles. The highest BCUT2D eigenvalue weighted by Crippen LogP contribution is 2.47. The molecule has 0 aliphatic carbocycles. The number of nitrogens with zero attached hydrogens (tertiary/aromatic N) is 5. The minimum atomic E-state index is -0.430. The summed E-state index contributed by atoms with van der Waals surface area (Å²) in [5, 5.41) is 19.1. The highest BCUT2D eigenvalue weighted by molar-refractivity contribution is 5.71. The van der Waals surface area contributed by atoms with Crippen molar-refractivity contribution in [2.45, 2.75) is 5.92 Å². The average Bonchev–Trinajstić information content (AvgIpc) is 3.37. The van der Waals surface area contributed by atoms with Gasteiger partial charge in [0.1, 0.15) is 17.3 Å². The lowest BCUT2D eigenvalue weighted by molar-refractivity contribution is 0.367. The minimum absolute atomic E-state index is 0.0792. The number of aryl methyl sites for hydroxylation is 1. The smallest absolute Gasteiger partial charge is 0.229 e. The third kappa shape index (κ3) is 2.74. The number of hydrogen-bond donors (Lipinski definition) is 1. The predicted octanol–water partition coefficient (Wildman–Crippen LogP) is 3.49. The number of benzene rings is 2. The van der Waals surface area contributed by atoms with Crippen LogP contribution in [0.15, 0.2) is 84.5 Å². The molecule has 0 unspecified atom stereocenters. The largest absolute Gasteiger partial charge is 0.422 e. The molecule has 1 atom stereocenters. The van der Waals surface area contributed by atoms with Crippen LogP contribution in [0.5, 0.6) is 5.88 Å². The maximum absolute atomic E-state index is 9.89. The van der Waals surface area contributed by atoms with Crippen LogP contribution in [0.4, 0.5) is 0 Å². The fraction of sp³-hybridized carbons (Fsp3) is 0.0870. The molecule has 0 radical (unpaired) electrons. The van der Waals surface area contributed by atoms with Crippen molar-refractivity contribution < 1.29 is 4.74 Å². The van der Waals surface area contributed by atoms with E-state index in [1.165, 1.54) is 0 Å². The third-order valence-corrected chi connectivity index (χ3v) is 5.15. The van der Waals surface area contributed by atoms with Gasteiger partial charge in [-0.15, -0.1) is 0 Å². The molecule has 4 aromatic rings. The number of nitrogens with two attached hydrogens (primary N) is 1. The summed E-state index contributed by atoms with van der Waals surface area (Å²) in [7, 11) is 1.84. The Morgan fingerprint density at radius 3 is 2.40 bits per heavy atom. The fourth-order valence-corrected chi connectivity index (χ4v) is 3.81. The van der Waals surface area contributed by atoms with E-state index in [0.29, 0.717) is 11.5 Å². The Kier molecular flexibility index (Phi) is 4.11. The number of ether oxygens (including phenoxy) is 1. The second-order valence-corrected chi connectivity index (χ2v) is 7.05. The van der Waals surface area contributed by atoms with E-state index >= 15 is 0 Å². The summed E-state index contributed by atoms with van der Waals surface area (Å²) < 4.78 is 9.44. The van der Waals surface area contributed by atoms with Crippen LogP contribution in [0.1, 0.15) is 17.0 Å². The number of para-hydroxylation sites is 1.